The molecule has 1 aromatic heterocycles. The van der Waals surface area contributed by atoms with E-state index in [0.29, 0.717) is 6.42 Å². The minimum Gasteiger partial charge on any atom is -0.368 e. The SMILES string of the molecule is CC(=O)N1CCN(c2ccc(-c3n[nH]c(C4(C5=CC=C(F)CCC5)CC4)c3C)cc2)CC1. The van der Waals surface area contributed by atoms with E-state index < -0.39 is 0 Å². The van der Waals surface area contributed by atoms with E-state index in [2.05, 4.69) is 41.2 Å². The molecule has 168 valence electrons. The number of rotatable bonds is 4. The van der Waals surface area contributed by atoms with Crippen molar-refractivity contribution in [3.63, 3.8) is 0 Å². The summed E-state index contributed by atoms with van der Waals surface area (Å²) in [5.74, 6) is 0.139. The maximum absolute atomic E-state index is 13.7. The molecule has 1 aliphatic heterocycles. The Labute approximate surface area is 189 Å². The van der Waals surface area contributed by atoms with Gasteiger partial charge in [-0.2, -0.15) is 5.10 Å². The van der Waals surface area contributed by atoms with Crippen LogP contribution in [0.15, 0.2) is 47.8 Å². The molecule has 0 radical (unpaired) electrons. The van der Waals surface area contributed by atoms with Gasteiger partial charge < -0.3 is 9.80 Å². The number of halogens is 1. The monoisotopic (exact) mass is 434 g/mol. The lowest BCUT2D eigenvalue weighted by atomic mass is 9.86. The van der Waals surface area contributed by atoms with Gasteiger partial charge in [0, 0.05) is 55.5 Å². The number of allylic oxidation sites excluding steroid dienone is 4. The summed E-state index contributed by atoms with van der Waals surface area (Å²) in [5, 5.41) is 8.04. The standard InChI is InChI=1S/C26H31FN4O/c1-18-24(20-6-10-23(11-7-20)31-16-14-30(15-17-31)19(2)32)28-29-25(18)26(12-13-26)21-4-3-5-22(27)9-8-21/h6-11H,3-5,12-17H2,1-2H3,(H,28,29). The van der Waals surface area contributed by atoms with Gasteiger partial charge in [0.1, 0.15) is 0 Å². The summed E-state index contributed by atoms with van der Waals surface area (Å²) in [5.41, 5.74) is 7.01. The molecule has 3 aliphatic rings. The van der Waals surface area contributed by atoms with Crippen LogP contribution in [0, 0.1) is 6.92 Å². The molecule has 0 atom stereocenters. The van der Waals surface area contributed by atoms with Crippen molar-refractivity contribution in [2.75, 3.05) is 31.1 Å². The fraction of sp³-hybridized carbons (Fsp3) is 0.462. The molecule has 2 aliphatic carbocycles. The van der Waals surface area contributed by atoms with Crippen molar-refractivity contribution >= 4 is 11.6 Å². The van der Waals surface area contributed by atoms with Crippen molar-refractivity contribution in [1.29, 1.82) is 0 Å². The Balaban J connectivity index is 1.34. The van der Waals surface area contributed by atoms with Gasteiger partial charge in [0.15, 0.2) is 0 Å². The van der Waals surface area contributed by atoms with Crippen molar-refractivity contribution in [1.82, 2.24) is 15.1 Å². The summed E-state index contributed by atoms with van der Waals surface area (Å²) in [7, 11) is 0. The average Bonchev–Trinajstić information content (AvgIpc) is 3.55. The number of aromatic nitrogens is 2. The first kappa shape index (κ1) is 21.0. The maximum atomic E-state index is 13.7. The molecule has 1 aromatic carbocycles. The largest absolute Gasteiger partial charge is 0.368 e. The first-order chi connectivity index (χ1) is 15.5. The molecule has 0 bridgehead atoms. The Morgan fingerprint density at radius 1 is 1.06 bits per heavy atom. The second kappa shape index (κ2) is 8.23. The fourth-order valence-electron chi connectivity index (χ4n) is 5.32. The summed E-state index contributed by atoms with van der Waals surface area (Å²) < 4.78 is 13.7. The first-order valence-electron chi connectivity index (χ1n) is 11.7. The Kier molecular flexibility index (Phi) is 5.39. The summed E-state index contributed by atoms with van der Waals surface area (Å²) in [6.45, 7) is 7.05. The van der Waals surface area contributed by atoms with Gasteiger partial charge >= 0.3 is 0 Å². The predicted octanol–water partition coefficient (Wildman–Crippen LogP) is 5.05. The lowest BCUT2D eigenvalue weighted by molar-refractivity contribution is -0.129. The van der Waals surface area contributed by atoms with Gasteiger partial charge in [-0.15, -0.1) is 0 Å². The highest BCUT2D eigenvalue weighted by molar-refractivity contribution is 5.73. The molecule has 1 amide bonds. The summed E-state index contributed by atoms with van der Waals surface area (Å²) in [6, 6.07) is 8.59. The van der Waals surface area contributed by atoms with Crippen LogP contribution in [0.2, 0.25) is 0 Å². The number of aromatic amines is 1. The van der Waals surface area contributed by atoms with E-state index in [1.54, 1.807) is 13.0 Å². The predicted molar refractivity (Wildman–Crippen MR) is 125 cm³/mol. The number of nitrogens with one attached hydrogen (secondary N) is 1. The minimum atomic E-state index is -0.0133. The highest BCUT2D eigenvalue weighted by Gasteiger charge is 2.49. The van der Waals surface area contributed by atoms with Gasteiger partial charge in [-0.05, 0) is 62.8 Å². The Hall–Kier alpha value is -2.89. The van der Waals surface area contributed by atoms with E-state index in [9.17, 15) is 9.18 Å². The number of hydrogen-bond acceptors (Lipinski definition) is 3. The molecule has 1 saturated carbocycles. The fourth-order valence-corrected chi connectivity index (χ4v) is 5.32. The van der Waals surface area contributed by atoms with Crippen LogP contribution in [-0.4, -0.2) is 47.2 Å². The molecule has 1 N–H and O–H groups in total. The van der Waals surface area contributed by atoms with Crippen LogP contribution in [0.4, 0.5) is 10.1 Å². The van der Waals surface area contributed by atoms with Crippen molar-refractivity contribution in [3.8, 4) is 11.3 Å². The normalized spacial score (nSPS) is 20.5. The van der Waals surface area contributed by atoms with Crippen molar-refractivity contribution in [2.45, 2.75) is 51.4 Å². The highest BCUT2D eigenvalue weighted by atomic mass is 19.1. The molecular formula is C26H31FN4O. The number of benzene rings is 1. The van der Waals surface area contributed by atoms with E-state index in [0.717, 1.165) is 63.1 Å². The zero-order chi connectivity index (χ0) is 22.3. The van der Waals surface area contributed by atoms with Crippen molar-refractivity contribution in [3.05, 3.63) is 59.1 Å². The number of carbonyl (C=O) groups is 1. The molecule has 0 spiro atoms. The molecule has 6 heteroatoms. The molecule has 32 heavy (non-hydrogen) atoms. The maximum Gasteiger partial charge on any atom is 0.219 e. The number of amides is 1. The third-order valence-corrected chi connectivity index (χ3v) is 7.41. The van der Waals surface area contributed by atoms with E-state index in [1.165, 1.54) is 22.5 Å². The minimum absolute atomic E-state index is 0.00673. The van der Waals surface area contributed by atoms with E-state index in [1.807, 2.05) is 11.0 Å². The van der Waals surface area contributed by atoms with Crippen LogP contribution in [0.25, 0.3) is 11.3 Å². The molecule has 5 nitrogen and oxygen atoms in total. The van der Waals surface area contributed by atoms with Gasteiger partial charge in [0.2, 0.25) is 5.91 Å². The third-order valence-electron chi connectivity index (χ3n) is 7.41. The lowest BCUT2D eigenvalue weighted by Crippen LogP contribution is -2.48. The second-order valence-corrected chi connectivity index (χ2v) is 9.35. The van der Waals surface area contributed by atoms with Gasteiger partial charge in [0.25, 0.3) is 0 Å². The first-order valence-corrected chi connectivity index (χ1v) is 11.7. The quantitative estimate of drug-likeness (QED) is 0.733. The number of H-pyrrole nitrogens is 1. The smallest absolute Gasteiger partial charge is 0.219 e. The molecule has 5 rings (SSSR count). The number of piperazine rings is 1. The van der Waals surface area contributed by atoms with Crippen LogP contribution in [-0.2, 0) is 10.2 Å². The molecule has 2 aromatic rings. The number of nitrogens with zero attached hydrogens (tertiary/aromatic N) is 3. The van der Waals surface area contributed by atoms with Crippen molar-refractivity contribution in [2.24, 2.45) is 0 Å². The zero-order valence-electron chi connectivity index (χ0n) is 19.0. The second-order valence-electron chi connectivity index (χ2n) is 9.35. The Morgan fingerprint density at radius 3 is 2.44 bits per heavy atom. The lowest BCUT2D eigenvalue weighted by Gasteiger charge is -2.35. The third kappa shape index (κ3) is 3.76. The molecule has 0 unspecified atom stereocenters. The van der Waals surface area contributed by atoms with Crippen LogP contribution in [0.3, 0.4) is 0 Å². The van der Waals surface area contributed by atoms with Gasteiger partial charge in [-0.1, -0.05) is 23.8 Å². The van der Waals surface area contributed by atoms with Crippen LogP contribution in [0.1, 0.15) is 50.3 Å². The highest BCUT2D eigenvalue weighted by Crippen LogP contribution is 2.56. The number of hydrogen-bond donors (Lipinski definition) is 1. The Morgan fingerprint density at radius 2 is 1.78 bits per heavy atom. The van der Waals surface area contributed by atoms with E-state index >= 15 is 0 Å². The summed E-state index contributed by atoms with van der Waals surface area (Å²) in [4.78, 5) is 15.8. The molecule has 1 saturated heterocycles. The average molecular weight is 435 g/mol. The van der Waals surface area contributed by atoms with Gasteiger partial charge in [-0.3, -0.25) is 9.89 Å². The van der Waals surface area contributed by atoms with E-state index in [4.69, 9.17) is 5.10 Å². The van der Waals surface area contributed by atoms with Crippen LogP contribution in [0.5, 0.6) is 0 Å². The van der Waals surface area contributed by atoms with Gasteiger partial charge in [0.05, 0.1) is 11.5 Å². The zero-order valence-corrected chi connectivity index (χ0v) is 19.0. The number of anilines is 1. The number of carbonyl (C=O) groups excluding carboxylic acids is 1. The summed E-state index contributed by atoms with van der Waals surface area (Å²) in [6.07, 6.45) is 8.23. The molecule has 2 heterocycles. The van der Waals surface area contributed by atoms with Crippen molar-refractivity contribution < 1.29 is 9.18 Å². The van der Waals surface area contributed by atoms with E-state index in [-0.39, 0.29) is 17.1 Å². The Bertz CT molecular complexity index is 1070. The topological polar surface area (TPSA) is 52.2 Å². The van der Waals surface area contributed by atoms with Crippen LogP contribution >= 0.6 is 0 Å². The molecule has 2 fully saturated rings. The molecular weight excluding hydrogens is 403 g/mol. The van der Waals surface area contributed by atoms with Crippen LogP contribution < -0.4 is 4.90 Å². The summed E-state index contributed by atoms with van der Waals surface area (Å²) >= 11 is 0. The van der Waals surface area contributed by atoms with Gasteiger partial charge in [-0.25, -0.2) is 4.39 Å².